The van der Waals surface area contributed by atoms with E-state index in [0.29, 0.717) is 6.54 Å². The Morgan fingerprint density at radius 3 is 2.33 bits per heavy atom. The molecule has 1 saturated heterocycles. The summed E-state index contributed by atoms with van der Waals surface area (Å²) in [5.41, 5.74) is 2.23. The first-order chi connectivity index (χ1) is 12.8. The largest absolute Gasteiger partial charge is 0.314 e. The molecule has 1 aromatic carbocycles. The van der Waals surface area contributed by atoms with E-state index in [4.69, 9.17) is 4.98 Å². The lowest BCUT2D eigenvalue weighted by molar-refractivity contribution is -0.119. The fourth-order valence-electron chi connectivity index (χ4n) is 3.12. The summed E-state index contributed by atoms with van der Waals surface area (Å²) in [6, 6.07) is 9.82. The molecule has 146 valence electrons. The number of para-hydroxylation sites is 1. The number of hydrogen-bond donors (Lipinski definition) is 0. The van der Waals surface area contributed by atoms with Crippen LogP contribution >= 0.6 is 11.3 Å². The van der Waals surface area contributed by atoms with Gasteiger partial charge in [-0.2, -0.15) is 0 Å². The molecule has 0 unspecified atom stereocenters. The maximum absolute atomic E-state index is 12.5. The average Bonchev–Trinajstić information content (AvgIpc) is 3.12. The number of aromatic nitrogens is 1. The van der Waals surface area contributed by atoms with Crippen LogP contribution in [0.15, 0.2) is 35.7 Å². The summed E-state index contributed by atoms with van der Waals surface area (Å²) in [6.07, 6.45) is 0. The minimum atomic E-state index is 0.110. The molecule has 1 aromatic heterocycles. The zero-order valence-electron chi connectivity index (χ0n) is 16.8. The van der Waals surface area contributed by atoms with Crippen LogP contribution in [0.5, 0.6) is 0 Å². The number of benzene rings is 1. The summed E-state index contributed by atoms with van der Waals surface area (Å²) in [7, 11) is 1.85. The molecule has 0 N–H and O–H groups in total. The number of hydrogen-bond acceptors (Lipinski definition) is 5. The van der Waals surface area contributed by atoms with E-state index in [0.717, 1.165) is 38.4 Å². The molecule has 1 aliphatic heterocycles. The fourth-order valence-corrected chi connectivity index (χ4v) is 4.18. The van der Waals surface area contributed by atoms with Gasteiger partial charge in [0.25, 0.3) is 0 Å². The van der Waals surface area contributed by atoms with Gasteiger partial charge >= 0.3 is 0 Å². The Balaban J connectivity index is 1.46. The van der Waals surface area contributed by atoms with Gasteiger partial charge < -0.3 is 4.90 Å². The van der Waals surface area contributed by atoms with Crippen molar-refractivity contribution in [3.63, 3.8) is 0 Å². The van der Waals surface area contributed by atoms with Gasteiger partial charge in [0.05, 0.1) is 18.8 Å². The second-order valence-corrected chi connectivity index (χ2v) is 9.16. The van der Waals surface area contributed by atoms with Gasteiger partial charge in [-0.25, -0.2) is 4.98 Å². The smallest absolute Gasteiger partial charge is 0.240 e. The quantitative estimate of drug-likeness (QED) is 0.791. The number of thiazole rings is 1. The van der Waals surface area contributed by atoms with E-state index < -0.39 is 0 Å². The highest BCUT2D eigenvalue weighted by molar-refractivity contribution is 7.09. The molecule has 1 fully saturated rings. The van der Waals surface area contributed by atoms with Gasteiger partial charge in [-0.3, -0.25) is 14.6 Å². The maximum Gasteiger partial charge on any atom is 0.240 e. The topological polar surface area (TPSA) is 39.7 Å². The van der Waals surface area contributed by atoms with Crippen molar-refractivity contribution in [2.24, 2.45) is 0 Å². The number of carbonyl (C=O) groups excluding carboxylic acids is 1. The van der Waals surface area contributed by atoms with Crippen LogP contribution in [0.25, 0.3) is 0 Å². The molecule has 2 heterocycles. The van der Waals surface area contributed by atoms with Crippen LogP contribution in [0, 0.1) is 0 Å². The van der Waals surface area contributed by atoms with Crippen LogP contribution in [0.2, 0.25) is 0 Å². The Kier molecular flexibility index (Phi) is 6.29. The van der Waals surface area contributed by atoms with Crippen molar-refractivity contribution < 1.29 is 4.79 Å². The summed E-state index contributed by atoms with van der Waals surface area (Å²) in [4.78, 5) is 23.8. The van der Waals surface area contributed by atoms with E-state index >= 15 is 0 Å². The lowest BCUT2D eigenvalue weighted by Crippen LogP contribution is -2.49. The SMILES string of the molecule is CN(C(=O)CN1CCN(Cc2nc(C(C)(C)C)cs2)CC1)c1ccccc1. The summed E-state index contributed by atoms with van der Waals surface area (Å²) in [6.45, 7) is 11.8. The normalized spacial score (nSPS) is 16.4. The van der Waals surface area contributed by atoms with E-state index in [-0.39, 0.29) is 11.3 Å². The second kappa shape index (κ2) is 8.50. The number of nitrogens with zero attached hydrogens (tertiary/aromatic N) is 4. The molecule has 5 nitrogen and oxygen atoms in total. The van der Waals surface area contributed by atoms with E-state index in [2.05, 4.69) is 36.0 Å². The lowest BCUT2D eigenvalue weighted by Gasteiger charge is -2.34. The Morgan fingerprint density at radius 2 is 1.74 bits per heavy atom. The van der Waals surface area contributed by atoms with Gasteiger partial charge in [0.15, 0.2) is 0 Å². The molecule has 3 rings (SSSR count). The standard InChI is InChI=1S/C21H30N4OS/c1-21(2,3)18-16-27-19(22-18)14-24-10-12-25(13-11-24)15-20(26)23(4)17-8-6-5-7-9-17/h5-9,16H,10-15H2,1-4H3. The first-order valence-corrected chi connectivity index (χ1v) is 10.4. The molecule has 1 amide bonds. The molecule has 0 saturated carbocycles. The molecule has 2 aromatic rings. The molecule has 1 aliphatic rings. The van der Waals surface area contributed by atoms with Crippen LogP contribution in [0.4, 0.5) is 5.69 Å². The van der Waals surface area contributed by atoms with Crippen molar-refractivity contribution in [3.05, 3.63) is 46.4 Å². The van der Waals surface area contributed by atoms with Gasteiger partial charge in [0.2, 0.25) is 5.91 Å². The van der Waals surface area contributed by atoms with Gasteiger partial charge in [-0.05, 0) is 12.1 Å². The molecule has 0 aliphatic carbocycles. The first-order valence-electron chi connectivity index (χ1n) is 9.54. The van der Waals surface area contributed by atoms with Crippen LogP contribution in [-0.2, 0) is 16.8 Å². The zero-order valence-corrected chi connectivity index (χ0v) is 17.6. The Labute approximate surface area is 166 Å². The van der Waals surface area contributed by atoms with Gasteiger partial charge in [-0.15, -0.1) is 11.3 Å². The third-order valence-electron chi connectivity index (χ3n) is 5.02. The predicted molar refractivity (Wildman–Crippen MR) is 112 cm³/mol. The highest BCUT2D eigenvalue weighted by atomic mass is 32.1. The summed E-state index contributed by atoms with van der Waals surface area (Å²) < 4.78 is 0. The van der Waals surface area contributed by atoms with E-state index in [1.807, 2.05) is 37.4 Å². The van der Waals surface area contributed by atoms with Gasteiger partial charge in [0.1, 0.15) is 5.01 Å². The number of amides is 1. The van der Waals surface area contributed by atoms with Crippen LogP contribution in [0.3, 0.4) is 0 Å². The molecule has 0 bridgehead atoms. The van der Waals surface area contributed by atoms with Crippen LogP contribution in [0.1, 0.15) is 31.5 Å². The summed E-state index contributed by atoms with van der Waals surface area (Å²) in [5, 5.41) is 3.37. The molecule has 6 heteroatoms. The zero-order chi connectivity index (χ0) is 19.4. The predicted octanol–water partition coefficient (Wildman–Crippen LogP) is 3.22. The molecular formula is C21H30N4OS. The maximum atomic E-state index is 12.5. The Morgan fingerprint density at radius 1 is 1.11 bits per heavy atom. The number of anilines is 1. The van der Waals surface area contributed by atoms with Crippen molar-refractivity contribution in [2.45, 2.75) is 32.7 Å². The molecular weight excluding hydrogens is 356 g/mol. The van der Waals surface area contributed by atoms with Crippen molar-refractivity contribution in [1.82, 2.24) is 14.8 Å². The number of piperazine rings is 1. The van der Waals surface area contributed by atoms with Crippen molar-refractivity contribution in [3.8, 4) is 0 Å². The lowest BCUT2D eigenvalue weighted by atomic mass is 9.93. The summed E-state index contributed by atoms with van der Waals surface area (Å²) >= 11 is 1.76. The first kappa shape index (κ1) is 20.0. The molecule has 27 heavy (non-hydrogen) atoms. The van der Waals surface area contributed by atoms with Crippen LogP contribution in [-0.4, -0.2) is 60.5 Å². The van der Waals surface area contributed by atoms with Crippen LogP contribution < -0.4 is 4.90 Å². The second-order valence-electron chi connectivity index (χ2n) is 8.22. The van der Waals surface area contributed by atoms with Gasteiger partial charge in [-0.1, -0.05) is 39.0 Å². The van der Waals surface area contributed by atoms with Gasteiger partial charge in [0, 0.05) is 49.7 Å². The minimum Gasteiger partial charge on any atom is -0.314 e. The van der Waals surface area contributed by atoms with E-state index in [9.17, 15) is 4.79 Å². The third-order valence-corrected chi connectivity index (χ3v) is 5.85. The molecule has 0 atom stereocenters. The molecule has 0 radical (unpaired) electrons. The number of carbonyl (C=O) groups is 1. The van der Waals surface area contributed by atoms with Crippen molar-refractivity contribution in [2.75, 3.05) is 44.7 Å². The Bertz CT molecular complexity index is 745. The third kappa shape index (κ3) is 5.37. The Hall–Kier alpha value is -1.76. The highest BCUT2D eigenvalue weighted by Crippen LogP contribution is 2.24. The average molecular weight is 387 g/mol. The van der Waals surface area contributed by atoms with E-state index in [1.165, 1.54) is 10.7 Å². The monoisotopic (exact) mass is 386 g/mol. The minimum absolute atomic E-state index is 0.110. The van der Waals surface area contributed by atoms with Crippen molar-refractivity contribution in [1.29, 1.82) is 0 Å². The summed E-state index contributed by atoms with van der Waals surface area (Å²) in [5.74, 6) is 0.143. The highest BCUT2D eigenvalue weighted by Gasteiger charge is 2.23. The van der Waals surface area contributed by atoms with E-state index in [1.54, 1.807) is 16.2 Å². The number of likely N-dealkylation sites (N-methyl/N-ethyl adjacent to an activating group) is 1. The number of rotatable bonds is 5. The fraction of sp³-hybridized carbons (Fsp3) is 0.524. The van der Waals surface area contributed by atoms with Crippen molar-refractivity contribution >= 4 is 22.9 Å². The molecule has 0 spiro atoms.